The summed E-state index contributed by atoms with van der Waals surface area (Å²) in [6, 6.07) is 0. The molecule has 0 N–H and O–H groups in total. The summed E-state index contributed by atoms with van der Waals surface area (Å²) in [6.07, 6.45) is -37.8. The number of carbonyl (C=O) groups is 19. The van der Waals surface area contributed by atoms with Crippen LogP contribution < -0.4 is 0 Å². The number of thioether (sulfide) groups is 5. The van der Waals surface area contributed by atoms with E-state index in [0.29, 0.717) is 58.8 Å². The van der Waals surface area contributed by atoms with Gasteiger partial charge in [-0.3, -0.25) is 91.1 Å². The summed E-state index contributed by atoms with van der Waals surface area (Å²) in [5.41, 5.74) is -10.00. The van der Waals surface area contributed by atoms with Crippen LogP contribution in [-0.2, 0) is 210 Å². The van der Waals surface area contributed by atoms with Gasteiger partial charge in [-0.1, -0.05) is 0 Å². The van der Waals surface area contributed by atoms with Gasteiger partial charge >= 0.3 is 113 Å². The Labute approximate surface area is 736 Å². The van der Waals surface area contributed by atoms with E-state index in [1.54, 1.807) is 0 Å². The molecule has 30 atom stereocenters. The van der Waals surface area contributed by atoms with Crippen molar-refractivity contribution in [3.63, 3.8) is 0 Å². The first-order valence-corrected chi connectivity index (χ1v) is 43.5. The van der Waals surface area contributed by atoms with Gasteiger partial charge in [0.2, 0.25) is 0 Å². The van der Waals surface area contributed by atoms with Gasteiger partial charge in [-0.05, 0) is 0 Å². The standard InChI is InChI=1S/C74H100O44S6/c1-26(75)94-20-45-51(97-29(4)78)57(103-35(10)84)61(107-39(14)88)70(114-45)121-25-50-56(102-34(9)83)68(124-74-64(110-42(17)91)59(105-37(12)86)53(99-31(6)80)47(116-74)22-96-28(3)77)66(112-44(19)93)72(118-50)122-23-48-54(100-32(7)81)60(106-38(13)87)62(108-40(15)89)71(117-48)120-24-49-55(101-33(8)82)67(65(69(119)113-49)111-43(18)92)123-73-63(109-41(16)90)58(104-36(11)85)52(98-30(5)79)46(115-73)21-95-27(2)76/h45-74,119H,20-25H2,1-19H3/t45-,46-,47-,48-,49-,50-,51-,52-,53-,54-,55-,56-,57+,58+,59+,60+,61-,62-,63-,64-,65-,66-,67+,68+,69+,70+,71+,72+,73+,74+/m1/s1. The van der Waals surface area contributed by atoms with Crippen LogP contribution in [-0.4, -0.2) is 328 Å². The van der Waals surface area contributed by atoms with Crippen LogP contribution in [0.2, 0.25) is 0 Å². The van der Waals surface area contributed by atoms with E-state index in [0.717, 1.165) is 132 Å². The Hall–Kier alpha value is -8.21. The third-order valence-corrected chi connectivity index (χ3v) is 24.7. The molecule has 0 aromatic carbocycles. The topological polar surface area (TPSA) is 555 Å². The number of hydrogen-bond acceptors (Lipinski definition) is 50. The van der Waals surface area contributed by atoms with Gasteiger partial charge in [0.05, 0.1) is 10.5 Å². The lowest BCUT2D eigenvalue weighted by molar-refractivity contribution is -0.238. The van der Waals surface area contributed by atoms with Gasteiger partial charge in [0.1, 0.15) is 101 Å². The van der Waals surface area contributed by atoms with Gasteiger partial charge < -0.3 is 118 Å². The quantitative estimate of drug-likeness (QED) is 0.0530. The smallest absolute Gasteiger partial charge is 0.303 e. The fourth-order valence-electron chi connectivity index (χ4n) is 13.7. The molecule has 6 aliphatic rings. The van der Waals surface area contributed by atoms with Crippen LogP contribution >= 0.6 is 71.4 Å². The maximum Gasteiger partial charge on any atom is 0.303 e. The van der Waals surface area contributed by atoms with Crippen molar-refractivity contribution >= 4 is 185 Å². The summed E-state index contributed by atoms with van der Waals surface area (Å²) in [7, 11) is 0. The molecule has 696 valence electrons. The lowest BCUT2D eigenvalue weighted by Crippen LogP contribution is -2.64. The lowest BCUT2D eigenvalue weighted by Gasteiger charge is -2.49. The molecule has 0 spiro atoms. The molecular formula is C74H100O44S6. The van der Waals surface area contributed by atoms with Crippen LogP contribution in [0.4, 0.5) is 0 Å². The number of hydrogen-bond donors (Lipinski definition) is 1. The van der Waals surface area contributed by atoms with Gasteiger partial charge in [0.25, 0.3) is 0 Å². The Balaban J connectivity index is 1.57. The summed E-state index contributed by atoms with van der Waals surface area (Å²) in [5.74, 6) is -20.6. The molecule has 0 amide bonds. The number of thiol groups is 1. The highest BCUT2D eigenvalue weighted by molar-refractivity contribution is 8.01. The summed E-state index contributed by atoms with van der Waals surface area (Å²) < 4.78 is 149. The maximum absolute atomic E-state index is 14.0. The van der Waals surface area contributed by atoms with Gasteiger partial charge in [0, 0.05) is 149 Å². The van der Waals surface area contributed by atoms with E-state index in [4.69, 9.17) is 131 Å². The van der Waals surface area contributed by atoms with Crippen LogP contribution in [0, 0.1) is 0 Å². The number of rotatable bonds is 35. The molecule has 6 saturated heterocycles. The maximum atomic E-state index is 14.0. The van der Waals surface area contributed by atoms with Crippen molar-refractivity contribution in [1.29, 1.82) is 0 Å². The Morgan fingerprint density at radius 2 is 0.379 bits per heavy atom. The lowest BCUT2D eigenvalue weighted by atomic mass is 9.99. The second-order valence-corrected chi connectivity index (χ2v) is 34.5. The molecule has 0 aromatic rings. The van der Waals surface area contributed by atoms with E-state index in [1.807, 2.05) is 0 Å². The molecule has 0 aromatic heterocycles. The predicted molar refractivity (Wildman–Crippen MR) is 420 cm³/mol. The van der Waals surface area contributed by atoms with Crippen molar-refractivity contribution < 1.29 is 210 Å². The minimum Gasteiger partial charge on any atom is -0.463 e. The zero-order valence-corrected chi connectivity index (χ0v) is 75.5. The van der Waals surface area contributed by atoms with Crippen LogP contribution in [0.1, 0.15) is 132 Å². The highest BCUT2D eigenvalue weighted by Crippen LogP contribution is 2.49. The fraction of sp³-hybridized carbons (Fsp3) is 0.743. The minimum atomic E-state index is -1.89. The Kier molecular flexibility index (Phi) is 41.0. The first-order valence-electron chi connectivity index (χ1n) is 37.9. The third kappa shape index (κ3) is 31.7. The first kappa shape index (κ1) is 105. The monoisotopic (exact) mass is 1880 g/mol. The van der Waals surface area contributed by atoms with E-state index in [2.05, 4.69) is 0 Å². The van der Waals surface area contributed by atoms with Crippen molar-refractivity contribution in [2.24, 2.45) is 0 Å². The molecule has 44 nitrogen and oxygen atoms in total. The van der Waals surface area contributed by atoms with E-state index >= 15 is 0 Å². The predicted octanol–water partition coefficient (Wildman–Crippen LogP) is 1.27. The molecule has 6 aliphatic heterocycles. The Morgan fingerprint density at radius 1 is 0.202 bits per heavy atom. The average molecular weight is 1890 g/mol. The summed E-state index contributed by atoms with van der Waals surface area (Å²) in [4.78, 5) is 250. The van der Waals surface area contributed by atoms with Crippen molar-refractivity contribution in [3.05, 3.63) is 0 Å². The van der Waals surface area contributed by atoms with Crippen LogP contribution in [0.25, 0.3) is 0 Å². The molecule has 124 heavy (non-hydrogen) atoms. The Morgan fingerprint density at radius 3 is 0.645 bits per heavy atom. The highest BCUT2D eigenvalue weighted by Gasteiger charge is 2.62. The zero-order valence-electron chi connectivity index (χ0n) is 70.5. The molecule has 0 unspecified atom stereocenters. The van der Waals surface area contributed by atoms with Crippen molar-refractivity contribution in [1.82, 2.24) is 0 Å². The first-order chi connectivity index (χ1) is 58.0. The molecule has 0 saturated carbocycles. The average Bonchev–Trinajstić information content (AvgIpc) is 0.762. The van der Waals surface area contributed by atoms with Crippen molar-refractivity contribution in [2.45, 2.75) is 309 Å². The molecule has 6 heterocycles. The molecule has 50 heteroatoms. The molecule has 6 fully saturated rings. The molecular weight excluding hydrogens is 1790 g/mol. The normalized spacial score (nSPS) is 33.1. The van der Waals surface area contributed by atoms with Gasteiger partial charge in [-0.2, -0.15) is 0 Å². The SMILES string of the molecule is CC(=O)OC[C@H]1O[C@@H](SC[C@H]2O[C@@H](SC[C@H]3O[C@@H](SC[C@H]4O[C@@H](S)[C@H](OC(C)=O)[C@@H](S[C@@H]5O[C@H](COC(C)=O)[C@@H](OC(C)=O)[C@H](OC(C)=O)[C@H]5OC(C)=O)[C@@H]4OC(C)=O)[C@H](OC(C)=O)[C@@H](OC(C)=O)[C@@H]3OC(C)=O)[C@H](OC(C)=O)[C@@H](S[C@@H]3O[C@H](COC(C)=O)[C@@H](OC(C)=O)[C@H](OC(C)=O)[C@H]3OC(C)=O)[C@@H]2OC(C)=O)[C@H](OC(C)=O)[C@@H](OC(C)=O)[C@@H]1OC(C)=O. The summed E-state index contributed by atoms with van der Waals surface area (Å²) in [6.45, 7) is 16.5. The van der Waals surface area contributed by atoms with E-state index < -0.39 is 328 Å². The van der Waals surface area contributed by atoms with Crippen LogP contribution in [0.5, 0.6) is 0 Å². The molecule has 6 rings (SSSR count). The largest absolute Gasteiger partial charge is 0.463 e. The van der Waals surface area contributed by atoms with Crippen molar-refractivity contribution in [2.75, 3.05) is 37.1 Å². The second kappa shape index (κ2) is 48.6. The number of esters is 19. The number of carbonyl (C=O) groups excluding carboxylic acids is 19. The summed E-state index contributed by atoms with van der Waals surface area (Å²) >= 11 is 8.00. The number of ether oxygens (including phenoxy) is 25. The Bertz CT molecular complexity index is 3870. The van der Waals surface area contributed by atoms with Crippen LogP contribution in [0.15, 0.2) is 0 Å². The molecule has 0 aliphatic carbocycles. The van der Waals surface area contributed by atoms with Gasteiger partial charge in [0.15, 0.2) is 85.5 Å². The van der Waals surface area contributed by atoms with Gasteiger partial charge in [-0.15, -0.1) is 71.4 Å². The van der Waals surface area contributed by atoms with E-state index in [1.165, 1.54) is 0 Å². The molecule has 0 bridgehead atoms. The summed E-state index contributed by atoms with van der Waals surface area (Å²) in [5, 5.41) is -3.17. The van der Waals surface area contributed by atoms with E-state index in [9.17, 15) is 91.1 Å². The minimum absolute atomic E-state index is 0.500. The second-order valence-electron chi connectivity index (χ2n) is 28.1. The van der Waals surface area contributed by atoms with Gasteiger partial charge in [-0.25, -0.2) is 0 Å². The highest BCUT2D eigenvalue weighted by atomic mass is 32.2. The van der Waals surface area contributed by atoms with E-state index in [-0.39, 0.29) is 0 Å². The molecule has 0 radical (unpaired) electrons. The zero-order chi connectivity index (χ0) is 92.7. The van der Waals surface area contributed by atoms with Crippen molar-refractivity contribution in [3.8, 4) is 0 Å². The van der Waals surface area contributed by atoms with Crippen LogP contribution in [0.3, 0.4) is 0 Å². The fourth-order valence-corrected chi connectivity index (χ4v) is 21.4. The third-order valence-electron chi connectivity index (χ3n) is 17.6.